The highest BCUT2D eigenvalue weighted by Crippen LogP contribution is 2.25. The smallest absolute Gasteiger partial charge is 0.163 e. The largest absolute Gasteiger partial charge is 0.355 e. The van der Waals surface area contributed by atoms with Crippen LogP contribution < -0.4 is 4.90 Å². The molecule has 0 aliphatic carbocycles. The van der Waals surface area contributed by atoms with E-state index in [9.17, 15) is 0 Å². The number of pyridine rings is 1. The fourth-order valence-corrected chi connectivity index (χ4v) is 3.27. The summed E-state index contributed by atoms with van der Waals surface area (Å²) >= 11 is 0. The molecule has 1 fully saturated rings. The van der Waals surface area contributed by atoms with Crippen molar-refractivity contribution in [1.29, 1.82) is 0 Å². The van der Waals surface area contributed by atoms with Crippen LogP contribution in [0.5, 0.6) is 0 Å². The highest BCUT2D eigenvalue weighted by atomic mass is 15.3. The first kappa shape index (κ1) is 16.8. The summed E-state index contributed by atoms with van der Waals surface area (Å²) < 4.78 is 0. The Morgan fingerprint density at radius 3 is 2.71 bits per heavy atom. The molecule has 0 amide bonds. The maximum Gasteiger partial charge on any atom is 0.163 e. The van der Waals surface area contributed by atoms with Crippen molar-refractivity contribution in [3.05, 3.63) is 35.8 Å². The van der Waals surface area contributed by atoms with Gasteiger partial charge in [-0.25, -0.2) is 9.97 Å². The zero-order valence-electron chi connectivity index (χ0n) is 15.0. The van der Waals surface area contributed by atoms with Crippen LogP contribution >= 0.6 is 0 Å². The van der Waals surface area contributed by atoms with Crippen molar-refractivity contribution in [3.8, 4) is 11.4 Å². The van der Waals surface area contributed by atoms with Crippen LogP contribution in [0, 0.1) is 13.8 Å². The van der Waals surface area contributed by atoms with Gasteiger partial charge in [0, 0.05) is 48.8 Å². The van der Waals surface area contributed by atoms with Crippen LogP contribution in [-0.4, -0.2) is 52.6 Å². The predicted molar refractivity (Wildman–Crippen MR) is 98.3 cm³/mol. The molecule has 0 unspecified atom stereocenters. The summed E-state index contributed by atoms with van der Waals surface area (Å²) in [5.74, 6) is 1.86. The molecule has 1 aliphatic rings. The molecule has 2 aromatic heterocycles. The molecule has 1 aliphatic heterocycles. The second-order valence-corrected chi connectivity index (χ2v) is 6.51. The van der Waals surface area contributed by atoms with Crippen molar-refractivity contribution in [2.75, 3.05) is 37.6 Å². The Bertz CT molecular complexity index is 671. The number of aryl methyl sites for hydroxylation is 1. The summed E-state index contributed by atoms with van der Waals surface area (Å²) in [6.07, 6.45) is 6.02. The number of hydrogen-bond donors (Lipinski definition) is 0. The molecule has 0 saturated carbocycles. The molecule has 0 aromatic carbocycles. The van der Waals surface area contributed by atoms with E-state index in [0.29, 0.717) is 0 Å². The summed E-state index contributed by atoms with van der Waals surface area (Å²) in [6.45, 7) is 12.0. The first-order valence-electron chi connectivity index (χ1n) is 8.92. The lowest BCUT2D eigenvalue weighted by Crippen LogP contribution is -2.32. The fraction of sp³-hybridized carbons (Fsp3) is 0.526. The van der Waals surface area contributed by atoms with Crippen LogP contribution in [0.15, 0.2) is 24.5 Å². The monoisotopic (exact) mass is 325 g/mol. The highest BCUT2D eigenvalue weighted by molar-refractivity contribution is 5.59. The minimum Gasteiger partial charge on any atom is -0.355 e. The molecule has 5 heteroatoms. The van der Waals surface area contributed by atoms with E-state index in [0.717, 1.165) is 42.5 Å². The summed E-state index contributed by atoms with van der Waals surface area (Å²) in [5, 5.41) is 0. The summed E-state index contributed by atoms with van der Waals surface area (Å²) in [6, 6.07) is 3.95. The topological polar surface area (TPSA) is 45.2 Å². The van der Waals surface area contributed by atoms with Gasteiger partial charge in [0.1, 0.15) is 5.82 Å². The van der Waals surface area contributed by atoms with E-state index >= 15 is 0 Å². The van der Waals surface area contributed by atoms with Crippen molar-refractivity contribution in [2.24, 2.45) is 0 Å². The lowest BCUT2D eigenvalue weighted by atomic mass is 10.2. The van der Waals surface area contributed by atoms with E-state index in [1.807, 2.05) is 18.3 Å². The molecular weight excluding hydrogens is 298 g/mol. The normalized spacial score (nSPS) is 16.2. The third-order valence-corrected chi connectivity index (χ3v) is 4.71. The Morgan fingerprint density at radius 2 is 1.96 bits per heavy atom. The molecule has 0 bridgehead atoms. The second kappa shape index (κ2) is 7.71. The van der Waals surface area contributed by atoms with Gasteiger partial charge in [0.15, 0.2) is 5.82 Å². The van der Waals surface area contributed by atoms with Crippen molar-refractivity contribution < 1.29 is 0 Å². The van der Waals surface area contributed by atoms with E-state index in [1.165, 1.54) is 31.5 Å². The summed E-state index contributed by atoms with van der Waals surface area (Å²) in [5.41, 5.74) is 3.21. The maximum absolute atomic E-state index is 4.90. The number of hydrogen-bond acceptors (Lipinski definition) is 5. The van der Waals surface area contributed by atoms with Crippen molar-refractivity contribution >= 4 is 5.82 Å². The molecular formula is C19H27N5. The second-order valence-electron chi connectivity index (χ2n) is 6.51. The molecule has 1 saturated heterocycles. The minimum absolute atomic E-state index is 0.774. The zero-order chi connectivity index (χ0) is 16.9. The lowest BCUT2D eigenvalue weighted by Gasteiger charge is -2.25. The van der Waals surface area contributed by atoms with Gasteiger partial charge in [-0.15, -0.1) is 0 Å². The van der Waals surface area contributed by atoms with Gasteiger partial charge in [-0.1, -0.05) is 6.92 Å². The number of rotatable bonds is 4. The van der Waals surface area contributed by atoms with Crippen molar-refractivity contribution in [2.45, 2.75) is 33.6 Å². The van der Waals surface area contributed by atoms with E-state index < -0.39 is 0 Å². The molecule has 0 N–H and O–H groups in total. The third-order valence-electron chi connectivity index (χ3n) is 4.71. The van der Waals surface area contributed by atoms with E-state index in [2.05, 4.69) is 40.5 Å². The van der Waals surface area contributed by atoms with E-state index in [4.69, 9.17) is 4.98 Å². The van der Waals surface area contributed by atoms with Gasteiger partial charge in [-0.05, 0) is 51.9 Å². The third kappa shape index (κ3) is 3.73. The van der Waals surface area contributed by atoms with Crippen LogP contribution in [0.2, 0.25) is 0 Å². The first-order valence-corrected chi connectivity index (χ1v) is 8.92. The Morgan fingerprint density at radius 1 is 1.08 bits per heavy atom. The molecule has 2 aromatic rings. The standard InChI is InChI=1S/C19H27N5/c1-4-9-23-10-6-11-24(13-12-23)19-15(2)16(3)21-18(22-19)17-7-5-8-20-14-17/h5,7-8,14H,4,6,9-13H2,1-3H3. The van der Waals surface area contributed by atoms with Gasteiger partial charge < -0.3 is 9.80 Å². The Kier molecular flexibility index (Phi) is 5.41. The number of aromatic nitrogens is 3. The summed E-state index contributed by atoms with van der Waals surface area (Å²) in [4.78, 5) is 18.8. The van der Waals surface area contributed by atoms with Gasteiger partial charge in [-0.3, -0.25) is 4.98 Å². The van der Waals surface area contributed by atoms with Crippen molar-refractivity contribution in [3.63, 3.8) is 0 Å². The predicted octanol–water partition coefficient (Wildman–Crippen LogP) is 3.08. The Balaban J connectivity index is 1.88. The lowest BCUT2D eigenvalue weighted by molar-refractivity contribution is 0.294. The summed E-state index contributed by atoms with van der Waals surface area (Å²) in [7, 11) is 0. The number of anilines is 1. The number of nitrogens with zero attached hydrogens (tertiary/aromatic N) is 5. The molecule has 3 heterocycles. The molecule has 128 valence electrons. The zero-order valence-corrected chi connectivity index (χ0v) is 15.0. The fourth-order valence-electron chi connectivity index (χ4n) is 3.27. The van der Waals surface area contributed by atoms with Crippen LogP contribution in [-0.2, 0) is 0 Å². The van der Waals surface area contributed by atoms with Crippen molar-refractivity contribution in [1.82, 2.24) is 19.9 Å². The average molecular weight is 325 g/mol. The highest BCUT2D eigenvalue weighted by Gasteiger charge is 2.19. The minimum atomic E-state index is 0.774. The van der Waals surface area contributed by atoms with E-state index in [-0.39, 0.29) is 0 Å². The van der Waals surface area contributed by atoms with Crippen LogP contribution in [0.4, 0.5) is 5.82 Å². The maximum atomic E-state index is 4.90. The molecule has 3 rings (SSSR count). The molecule has 0 spiro atoms. The SMILES string of the molecule is CCCN1CCCN(c2nc(-c3cccnc3)nc(C)c2C)CC1. The average Bonchev–Trinajstić information content (AvgIpc) is 2.84. The molecule has 0 radical (unpaired) electrons. The molecule has 0 atom stereocenters. The van der Waals surface area contributed by atoms with Gasteiger partial charge in [-0.2, -0.15) is 0 Å². The molecule has 5 nitrogen and oxygen atoms in total. The Hall–Kier alpha value is -2.01. The van der Waals surface area contributed by atoms with E-state index in [1.54, 1.807) is 6.20 Å². The van der Waals surface area contributed by atoms with Gasteiger partial charge in [0.05, 0.1) is 0 Å². The van der Waals surface area contributed by atoms with Gasteiger partial charge >= 0.3 is 0 Å². The molecule has 24 heavy (non-hydrogen) atoms. The van der Waals surface area contributed by atoms with Crippen LogP contribution in [0.1, 0.15) is 31.0 Å². The van der Waals surface area contributed by atoms with Crippen LogP contribution in [0.3, 0.4) is 0 Å². The van der Waals surface area contributed by atoms with Gasteiger partial charge in [0.2, 0.25) is 0 Å². The van der Waals surface area contributed by atoms with Gasteiger partial charge in [0.25, 0.3) is 0 Å². The quantitative estimate of drug-likeness (QED) is 0.864. The van der Waals surface area contributed by atoms with Crippen LogP contribution in [0.25, 0.3) is 11.4 Å². The Labute approximate surface area is 144 Å². The first-order chi connectivity index (χ1) is 11.7.